The van der Waals surface area contributed by atoms with Crippen LogP contribution in [-0.2, 0) is 30.0 Å². The molecule has 0 radical (unpaired) electrons. The summed E-state index contributed by atoms with van der Waals surface area (Å²) in [6, 6.07) is 30.9. The molecule has 9 heteroatoms. The smallest absolute Gasteiger partial charge is 0.213 e. The molecule has 0 fully saturated rings. The standard InChI is InChI=1S/C28H29N7O2.C10H8/c1-4-37-28(18-31-25-8-6-5-7-24(25)28)34-12-11-21-13-27(30-14-22(21)16-34)36-17-26-20(3)32-33-35(26)23-10-9-19(2)29-15-23;1-2-6-10-8-4-3-7-9(10)5-1/h5-10,13-15,18H,4,11-12,16-17H2,1-3H3;1-8H. The van der Waals surface area contributed by atoms with Crippen LogP contribution in [0.3, 0.4) is 0 Å². The molecular weight excluding hydrogens is 586 g/mol. The molecule has 2 aliphatic heterocycles. The summed E-state index contributed by atoms with van der Waals surface area (Å²) in [4.78, 5) is 16.0. The maximum atomic E-state index is 6.35. The molecule has 2 aliphatic rings. The van der Waals surface area contributed by atoms with E-state index in [9.17, 15) is 0 Å². The molecule has 0 aliphatic carbocycles. The van der Waals surface area contributed by atoms with Gasteiger partial charge in [-0.25, -0.2) is 9.67 Å². The molecule has 0 saturated carbocycles. The maximum absolute atomic E-state index is 6.35. The van der Waals surface area contributed by atoms with Crippen LogP contribution in [0, 0.1) is 13.8 Å². The number of aryl methyl sites for hydroxylation is 2. The van der Waals surface area contributed by atoms with E-state index in [1.807, 2.05) is 69.6 Å². The van der Waals surface area contributed by atoms with Crippen LogP contribution in [0.5, 0.6) is 5.88 Å². The lowest BCUT2D eigenvalue weighted by molar-refractivity contribution is -0.110. The van der Waals surface area contributed by atoms with Crippen molar-refractivity contribution in [1.29, 1.82) is 0 Å². The Bertz CT molecular complexity index is 1970. The fourth-order valence-corrected chi connectivity index (χ4v) is 6.19. The number of aliphatic imine (C=N–C) groups is 1. The second kappa shape index (κ2) is 13.2. The first-order chi connectivity index (χ1) is 23.0. The Labute approximate surface area is 274 Å². The molecule has 0 amide bonds. The number of rotatable bonds is 7. The average molecular weight is 624 g/mol. The molecule has 5 heterocycles. The van der Waals surface area contributed by atoms with Crippen LogP contribution in [0.2, 0.25) is 0 Å². The summed E-state index contributed by atoms with van der Waals surface area (Å²) >= 11 is 0. The van der Waals surface area contributed by atoms with E-state index in [0.717, 1.165) is 53.5 Å². The molecule has 8 rings (SSSR count). The Kier molecular flexibility index (Phi) is 8.56. The molecule has 3 aromatic heterocycles. The van der Waals surface area contributed by atoms with Gasteiger partial charge in [0.2, 0.25) is 5.88 Å². The number of pyridine rings is 2. The molecule has 3 aromatic carbocycles. The highest BCUT2D eigenvalue weighted by atomic mass is 16.5. The van der Waals surface area contributed by atoms with Crippen LogP contribution in [0.1, 0.15) is 40.7 Å². The molecule has 236 valence electrons. The number of benzene rings is 3. The normalized spacial score (nSPS) is 16.7. The van der Waals surface area contributed by atoms with Crippen molar-refractivity contribution in [3.63, 3.8) is 0 Å². The van der Waals surface area contributed by atoms with Gasteiger partial charge in [-0.05, 0) is 67.3 Å². The topological polar surface area (TPSA) is 90.6 Å². The highest BCUT2D eigenvalue weighted by molar-refractivity contribution is 5.83. The zero-order valence-electron chi connectivity index (χ0n) is 26.9. The molecule has 6 aromatic rings. The van der Waals surface area contributed by atoms with Crippen LogP contribution < -0.4 is 4.74 Å². The number of hydrogen-bond acceptors (Lipinski definition) is 8. The molecule has 0 N–H and O–H groups in total. The van der Waals surface area contributed by atoms with Crippen molar-refractivity contribution in [2.75, 3.05) is 13.2 Å². The molecule has 0 spiro atoms. The number of aromatic nitrogens is 5. The maximum Gasteiger partial charge on any atom is 0.213 e. The van der Waals surface area contributed by atoms with E-state index in [4.69, 9.17) is 9.47 Å². The van der Waals surface area contributed by atoms with Gasteiger partial charge >= 0.3 is 0 Å². The monoisotopic (exact) mass is 623 g/mol. The SMILES string of the molecule is CCOC1(N2CCc3cc(OCc4c(C)nnn4-c4ccc(C)nc4)ncc3C2)C=Nc2ccccc21.c1ccc2ccccc2c1. The summed E-state index contributed by atoms with van der Waals surface area (Å²) in [5, 5.41) is 11.1. The van der Waals surface area contributed by atoms with Crippen LogP contribution in [0.4, 0.5) is 5.69 Å². The minimum atomic E-state index is -0.647. The van der Waals surface area contributed by atoms with Gasteiger partial charge in [0.15, 0.2) is 5.72 Å². The molecule has 1 unspecified atom stereocenters. The molecule has 0 bridgehead atoms. The lowest BCUT2D eigenvalue weighted by atomic mass is 9.96. The van der Waals surface area contributed by atoms with Gasteiger partial charge in [0, 0.05) is 43.2 Å². The van der Waals surface area contributed by atoms with Crippen LogP contribution in [-0.4, -0.2) is 49.2 Å². The van der Waals surface area contributed by atoms with Crippen molar-refractivity contribution in [1.82, 2.24) is 29.9 Å². The van der Waals surface area contributed by atoms with Crippen molar-refractivity contribution >= 4 is 22.7 Å². The van der Waals surface area contributed by atoms with Crippen LogP contribution >= 0.6 is 0 Å². The van der Waals surface area contributed by atoms with Crippen molar-refractivity contribution < 1.29 is 9.47 Å². The van der Waals surface area contributed by atoms with E-state index in [0.29, 0.717) is 19.1 Å². The summed E-state index contributed by atoms with van der Waals surface area (Å²) in [5.41, 5.74) is 7.31. The lowest BCUT2D eigenvalue weighted by Crippen LogP contribution is -2.50. The Morgan fingerprint density at radius 1 is 0.830 bits per heavy atom. The van der Waals surface area contributed by atoms with Gasteiger partial charge < -0.3 is 9.47 Å². The highest BCUT2D eigenvalue weighted by Gasteiger charge is 2.44. The Morgan fingerprint density at radius 2 is 1.57 bits per heavy atom. The lowest BCUT2D eigenvalue weighted by Gasteiger charge is -2.42. The van der Waals surface area contributed by atoms with E-state index in [1.54, 1.807) is 10.9 Å². The number of nitrogens with zero attached hydrogens (tertiary/aromatic N) is 7. The highest BCUT2D eigenvalue weighted by Crippen LogP contribution is 2.42. The number of ether oxygens (including phenoxy) is 2. The first-order valence-electron chi connectivity index (χ1n) is 16.0. The van der Waals surface area contributed by atoms with Gasteiger partial charge in [-0.1, -0.05) is 71.9 Å². The Morgan fingerprint density at radius 3 is 2.30 bits per heavy atom. The van der Waals surface area contributed by atoms with Gasteiger partial charge in [0.1, 0.15) is 12.3 Å². The van der Waals surface area contributed by atoms with E-state index in [1.165, 1.54) is 21.9 Å². The van der Waals surface area contributed by atoms with Crippen molar-refractivity contribution in [3.05, 3.63) is 137 Å². The van der Waals surface area contributed by atoms with E-state index >= 15 is 0 Å². The van der Waals surface area contributed by atoms with Gasteiger partial charge in [-0.15, -0.1) is 5.10 Å². The molecule has 1 atom stereocenters. The zero-order valence-corrected chi connectivity index (χ0v) is 26.9. The molecule has 9 nitrogen and oxygen atoms in total. The number of hydrogen-bond donors (Lipinski definition) is 0. The average Bonchev–Trinajstić information content (AvgIpc) is 3.68. The minimum Gasteiger partial charge on any atom is -0.471 e. The third-order valence-corrected chi connectivity index (χ3v) is 8.69. The summed E-state index contributed by atoms with van der Waals surface area (Å²) in [6.07, 6.45) is 6.52. The van der Waals surface area contributed by atoms with Gasteiger partial charge in [-0.2, -0.15) is 0 Å². The quantitative estimate of drug-likeness (QED) is 0.188. The molecule has 0 saturated heterocycles. The molecular formula is C38H37N7O2. The second-order valence-electron chi connectivity index (χ2n) is 11.7. The van der Waals surface area contributed by atoms with E-state index in [-0.39, 0.29) is 0 Å². The Balaban J connectivity index is 0.000000298. The second-order valence-corrected chi connectivity index (χ2v) is 11.7. The van der Waals surface area contributed by atoms with Gasteiger partial charge in [0.25, 0.3) is 0 Å². The predicted octanol–water partition coefficient (Wildman–Crippen LogP) is 7.06. The van der Waals surface area contributed by atoms with Gasteiger partial charge in [-0.3, -0.25) is 14.9 Å². The van der Waals surface area contributed by atoms with Gasteiger partial charge in [0.05, 0.1) is 29.5 Å². The summed E-state index contributed by atoms with van der Waals surface area (Å²) in [6.45, 7) is 8.38. The zero-order chi connectivity index (χ0) is 32.2. The van der Waals surface area contributed by atoms with Crippen LogP contribution in [0.15, 0.2) is 108 Å². The van der Waals surface area contributed by atoms with Crippen molar-refractivity contribution in [3.8, 4) is 11.6 Å². The van der Waals surface area contributed by atoms with E-state index < -0.39 is 5.72 Å². The van der Waals surface area contributed by atoms with Crippen LogP contribution in [0.25, 0.3) is 16.5 Å². The Hall–Kier alpha value is -5.25. The summed E-state index contributed by atoms with van der Waals surface area (Å²) in [7, 11) is 0. The minimum absolute atomic E-state index is 0.311. The molecule has 47 heavy (non-hydrogen) atoms. The number of para-hydroxylation sites is 1. The third kappa shape index (κ3) is 6.15. The fraction of sp³-hybridized carbons (Fsp3) is 0.237. The predicted molar refractivity (Wildman–Crippen MR) is 183 cm³/mol. The van der Waals surface area contributed by atoms with Crippen molar-refractivity contribution in [2.24, 2.45) is 4.99 Å². The number of fused-ring (bicyclic) bond motifs is 3. The summed E-state index contributed by atoms with van der Waals surface area (Å²) < 4.78 is 14.2. The first-order valence-corrected chi connectivity index (χ1v) is 16.0. The van der Waals surface area contributed by atoms with E-state index in [2.05, 4.69) is 84.8 Å². The first kappa shape index (κ1) is 30.4. The summed E-state index contributed by atoms with van der Waals surface area (Å²) in [5.74, 6) is 0.591. The fourth-order valence-electron chi connectivity index (χ4n) is 6.19. The third-order valence-electron chi connectivity index (χ3n) is 8.69. The largest absolute Gasteiger partial charge is 0.471 e. The van der Waals surface area contributed by atoms with Crippen molar-refractivity contribution in [2.45, 2.75) is 46.1 Å².